The van der Waals surface area contributed by atoms with Crippen LogP contribution in [0.25, 0.3) is 0 Å². The molecule has 2 rings (SSSR count). The third-order valence-corrected chi connectivity index (χ3v) is 3.77. The average molecular weight is 240 g/mol. The second-order valence-electron chi connectivity index (χ2n) is 4.07. The molecule has 0 aromatic heterocycles. The summed E-state index contributed by atoms with van der Waals surface area (Å²) in [5.74, 6) is 0. The lowest BCUT2D eigenvalue weighted by molar-refractivity contribution is 0.217. The minimum absolute atomic E-state index is 0.212. The second-order valence-corrected chi connectivity index (χ2v) is 4.99. The van der Waals surface area contributed by atoms with Crippen molar-refractivity contribution in [3.63, 3.8) is 0 Å². The molecule has 1 nitrogen and oxygen atoms in total. The molecule has 0 saturated heterocycles. The van der Waals surface area contributed by atoms with Gasteiger partial charge in [0, 0.05) is 15.9 Å². The van der Waals surface area contributed by atoms with Crippen molar-refractivity contribution in [1.82, 2.24) is 0 Å². The Bertz CT molecular complexity index is 324. The molecule has 0 radical (unpaired) electrons. The van der Waals surface area contributed by atoms with E-state index in [1.807, 2.05) is 0 Å². The predicted octanol–water partition coefficient (Wildman–Crippen LogP) is 2.83. The van der Waals surface area contributed by atoms with Gasteiger partial charge in [0.1, 0.15) is 0 Å². The van der Waals surface area contributed by atoms with E-state index in [1.165, 1.54) is 12.0 Å². The molecule has 0 heterocycles. The van der Waals surface area contributed by atoms with E-state index < -0.39 is 0 Å². The van der Waals surface area contributed by atoms with Gasteiger partial charge in [0.05, 0.1) is 0 Å². The van der Waals surface area contributed by atoms with E-state index >= 15 is 0 Å². The summed E-state index contributed by atoms with van der Waals surface area (Å²) in [4.78, 5) is 0. The van der Waals surface area contributed by atoms with Crippen molar-refractivity contribution < 1.29 is 0 Å². The third kappa shape index (κ3) is 1.42. The average Bonchev–Trinajstić information content (AvgIpc) is 2.14. The van der Waals surface area contributed by atoms with Gasteiger partial charge in [-0.1, -0.05) is 35.0 Å². The third-order valence-electron chi connectivity index (χ3n) is 3.28. The van der Waals surface area contributed by atoms with Gasteiger partial charge < -0.3 is 5.73 Å². The number of hydrogen-bond donors (Lipinski definition) is 1. The lowest BCUT2D eigenvalue weighted by Gasteiger charge is -2.45. The van der Waals surface area contributed by atoms with Gasteiger partial charge in [-0.05, 0) is 30.5 Å². The Morgan fingerprint density at radius 1 is 1.54 bits per heavy atom. The molecule has 2 unspecified atom stereocenters. The zero-order valence-electron chi connectivity index (χ0n) is 7.76. The maximum atomic E-state index is 6.02. The molecule has 2 N–H and O–H groups in total. The molecule has 0 aliphatic heterocycles. The summed E-state index contributed by atoms with van der Waals surface area (Å²) in [6.45, 7) is 2.25. The van der Waals surface area contributed by atoms with Crippen LogP contribution in [0.15, 0.2) is 28.7 Å². The monoisotopic (exact) mass is 239 g/mol. The first kappa shape index (κ1) is 9.22. The summed E-state index contributed by atoms with van der Waals surface area (Å²) >= 11 is 3.49. The Labute approximate surface area is 87.5 Å². The van der Waals surface area contributed by atoms with Gasteiger partial charge in [-0.3, -0.25) is 0 Å². The highest BCUT2D eigenvalue weighted by atomic mass is 79.9. The fraction of sp³-hybridized carbons (Fsp3) is 0.455. The van der Waals surface area contributed by atoms with Crippen LogP contribution in [0.3, 0.4) is 0 Å². The van der Waals surface area contributed by atoms with Crippen LogP contribution in [0.2, 0.25) is 0 Å². The summed E-state index contributed by atoms with van der Waals surface area (Å²) in [7, 11) is 0. The quantitative estimate of drug-likeness (QED) is 0.802. The zero-order chi connectivity index (χ0) is 9.47. The molecule has 1 aliphatic carbocycles. The number of halogens is 1. The van der Waals surface area contributed by atoms with Gasteiger partial charge in [0.2, 0.25) is 0 Å². The Hall–Kier alpha value is -0.340. The summed E-state index contributed by atoms with van der Waals surface area (Å²) in [6.07, 6.45) is 2.37. The van der Waals surface area contributed by atoms with Gasteiger partial charge in [-0.25, -0.2) is 0 Å². The summed E-state index contributed by atoms with van der Waals surface area (Å²) in [5, 5.41) is 0. The molecule has 1 saturated carbocycles. The van der Waals surface area contributed by atoms with Crippen LogP contribution in [0.4, 0.5) is 0 Å². The van der Waals surface area contributed by atoms with E-state index in [-0.39, 0.29) is 5.41 Å². The van der Waals surface area contributed by atoms with Crippen molar-refractivity contribution >= 4 is 15.9 Å². The van der Waals surface area contributed by atoms with Crippen LogP contribution in [0, 0.1) is 0 Å². The first-order valence-electron chi connectivity index (χ1n) is 4.64. The molecule has 0 bridgehead atoms. The van der Waals surface area contributed by atoms with E-state index in [2.05, 4.69) is 47.1 Å². The van der Waals surface area contributed by atoms with Crippen LogP contribution in [-0.4, -0.2) is 6.04 Å². The molecule has 70 valence electrons. The lowest BCUT2D eigenvalue weighted by Crippen LogP contribution is -2.51. The van der Waals surface area contributed by atoms with Gasteiger partial charge in [-0.15, -0.1) is 0 Å². The molecular weight excluding hydrogens is 226 g/mol. The molecular formula is C11H14BrN. The minimum atomic E-state index is 0.212. The van der Waals surface area contributed by atoms with Gasteiger partial charge >= 0.3 is 0 Å². The van der Waals surface area contributed by atoms with Crippen LogP contribution in [-0.2, 0) is 5.41 Å². The molecule has 0 amide bonds. The first-order valence-corrected chi connectivity index (χ1v) is 5.44. The van der Waals surface area contributed by atoms with Gasteiger partial charge in [0.15, 0.2) is 0 Å². The maximum absolute atomic E-state index is 6.02. The van der Waals surface area contributed by atoms with E-state index in [9.17, 15) is 0 Å². The molecule has 2 atom stereocenters. The van der Waals surface area contributed by atoms with Crippen LogP contribution in [0.5, 0.6) is 0 Å². The van der Waals surface area contributed by atoms with Crippen LogP contribution in [0.1, 0.15) is 25.3 Å². The molecule has 13 heavy (non-hydrogen) atoms. The van der Waals surface area contributed by atoms with Crippen molar-refractivity contribution in [2.24, 2.45) is 5.73 Å². The SMILES string of the molecule is CC1(c2cccc(Br)c2)CCC1N. The Morgan fingerprint density at radius 3 is 2.77 bits per heavy atom. The number of hydrogen-bond acceptors (Lipinski definition) is 1. The number of rotatable bonds is 1. The highest BCUT2D eigenvalue weighted by molar-refractivity contribution is 9.10. The molecule has 2 heteroatoms. The Balaban J connectivity index is 2.35. The van der Waals surface area contributed by atoms with Crippen molar-refractivity contribution in [1.29, 1.82) is 0 Å². The van der Waals surface area contributed by atoms with E-state index in [0.717, 1.165) is 10.9 Å². The fourth-order valence-electron chi connectivity index (χ4n) is 1.95. The molecule has 1 aromatic rings. The van der Waals surface area contributed by atoms with Crippen molar-refractivity contribution in [3.05, 3.63) is 34.3 Å². The topological polar surface area (TPSA) is 26.0 Å². The Morgan fingerprint density at radius 2 is 2.31 bits per heavy atom. The van der Waals surface area contributed by atoms with Crippen molar-refractivity contribution in [2.75, 3.05) is 0 Å². The Kier molecular flexibility index (Phi) is 2.20. The molecule has 1 aliphatic rings. The largest absolute Gasteiger partial charge is 0.327 e. The summed E-state index contributed by atoms with van der Waals surface area (Å²) < 4.78 is 1.14. The fourth-order valence-corrected chi connectivity index (χ4v) is 2.35. The predicted molar refractivity (Wildman–Crippen MR) is 58.7 cm³/mol. The molecule has 0 spiro atoms. The van der Waals surface area contributed by atoms with Gasteiger partial charge in [-0.2, -0.15) is 0 Å². The van der Waals surface area contributed by atoms with Crippen LogP contribution < -0.4 is 5.73 Å². The number of benzene rings is 1. The minimum Gasteiger partial charge on any atom is -0.327 e. The van der Waals surface area contributed by atoms with Crippen molar-refractivity contribution in [3.8, 4) is 0 Å². The van der Waals surface area contributed by atoms with E-state index in [1.54, 1.807) is 0 Å². The van der Waals surface area contributed by atoms with Crippen molar-refractivity contribution in [2.45, 2.75) is 31.2 Å². The lowest BCUT2D eigenvalue weighted by atomic mass is 9.62. The van der Waals surface area contributed by atoms with E-state index in [0.29, 0.717) is 6.04 Å². The zero-order valence-corrected chi connectivity index (χ0v) is 9.34. The summed E-state index contributed by atoms with van der Waals surface area (Å²) in [5.41, 5.74) is 7.60. The standard InChI is InChI=1S/C11H14BrN/c1-11(6-5-10(11)13)8-3-2-4-9(12)7-8/h2-4,7,10H,5-6,13H2,1H3. The molecule has 1 fully saturated rings. The van der Waals surface area contributed by atoms with Crippen LogP contribution >= 0.6 is 15.9 Å². The normalized spacial score (nSPS) is 32.7. The first-order chi connectivity index (χ1) is 6.13. The second kappa shape index (κ2) is 3.10. The maximum Gasteiger partial charge on any atom is 0.0178 e. The van der Waals surface area contributed by atoms with Gasteiger partial charge in [0.25, 0.3) is 0 Å². The molecule has 1 aromatic carbocycles. The summed E-state index contributed by atoms with van der Waals surface area (Å²) in [6, 6.07) is 8.82. The van der Waals surface area contributed by atoms with E-state index in [4.69, 9.17) is 5.73 Å². The number of nitrogens with two attached hydrogens (primary N) is 1. The highest BCUT2D eigenvalue weighted by Gasteiger charge is 2.41. The smallest absolute Gasteiger partial charge is 0.0178 e. The highest BCUT2D eigenvalue weighted by Crippen LogP contribution is 2.42.